The number of hydrogen-bond acceptors (Lipinski definition) is 7. The molecule has 0 bridgehead atoms. The number of unbranched alkanes of at least 4 members (excludes halogenated alkanes) is 24. The summed E-state index contributed by atoms with van der Waals surface area (Å²) in [5.41, 5.74) is 1.44. The second-order valence-electron chi connectivity index (χ2n) is 21.8. The Kier molecular flexibility index (Phi) is 42.0. The fraction of sp³-hybridized carbons (Fsp3) is 0.871. The number of hydrogen-bond donors (Lipinski definition) is 1. The van der Waals surface area contributed by atoms with E-state index in [1.807, 2.05) is 0 Å². The summed E-state index contributed by atoms with van der Waals surface area (Å²) in [5, 5.41) is 10.0. The molecule has 1 fully saturated rings. The van der Waals surface area contributed by atoms with Gasteiger partial charge in [0, 0.05) is 38.5 Å². The fourth-order valence-electron chi connectivity index (χ4n) is 10.7. The molecule has 7 heteroatoms. The van der Waals surface area contributed by atoms with Gasteiger partial charge in [0.2, 0.25) is 0 Å². The van der Waals surface area contributed by atoms with Crippen molar-refractivity contribution in [3.8, 4) is 0 Å². The average molecular weight is 968 g/mol. The minimum Gasteiger partial charge on any atom is -0.465 e. The van der Waals surface area contributed by atoms with Crippen LogP contribution in [0, 0.1) is 11.8 Å². The third-order valence-electron chi connectivity index (χ3n) is 15.5. The molecule has 1 aliphatic carbocycles. The molecule has 0 aliphatic heterocycles. The lowest BCUT2D eigenvalue weighted by atomic mass is 9.75. The molecule has 0 spiro atoms. The molecule has 0 heterocycles. The first-order valence-corrected chi connectivity index (χ1v) is 30.4. The van der Waals surface area contributed by atoms with E-state index >= 15 is 0 Å². The minimum absolute atomic E-state index is 0.0126. The third-order valence-corrected chi connectivity index (χ3v) is 15.5. The van der Waals surface area contributed by atoms with Gasteiger partial charge in [-0.2, -0.15) is 0 Å². The van der Waals surface area contributed by atoms with Gasteiger partial charge in [-0.15, -0.1) is 0 Å². The molecule has 1 aromatic carbocycles. The molecule has 2 rings (SSSR count). The van der Waals surface area contributed by atoms with E-state index in [4.69, 9.17) is 9.47 Å². The molecule has 1 N–H and O–H groups in total. The molecule has 1 saturated carbocycles. The second-order valence-corrected chi connectivity index (χ2v) is 21.8. The van der Waals surface area contributed by atoms with Gasteiger partial charge in [-0.25, -0.2) is 0 Å². The first kappa shape index (κ1) is 63.2. The normalized spacial score (nSPS) is 14.9. The number of rotatable bonds is 51. The van der Waals surface area contributed by atoms with Gasteiger partial charge >= 0.3 is 11.9 Å². The van der Waals surface area contributed by atoms with Crippen molar-refractivity contribution in [2.75, 3.05) is 52.5 Å². The number of esters is 2. The highest BCUT2D eigenvalue weighted by atomic mass is 16.5. The standard InChI is InChI=1S/C62H114N2O5/c1-5-9-13-17-21-28-38-56(39-29-22-18-14-10-6-2)54-68-61(66)44-34-26-36-46-63(48-49-64(50-51-65)60-52-59(53-60)58-42-32-25-33-43-58)47-37-27-35-45-62(67)69-55-57(40-30-23-19-15-11-7-3)41-31-24-20-16-12-8-4/h25,32-33,42-43,56-57,59-60,65H,5-24,26-31,34-41,44-55H2,1-4H3. The highest BCUT2D eigenvalue weighted by molar-refractivity contribution is 5.69. The molecular weight excluding hydrogens is 853 g/mol. The first-order chi connectivity index (χ1) is 33.9. The highest BCUT2D eigenvalue weighted by Gasteiger charge is 2.34. The molecule has 0 saturated heterocycles. The number of aliphatic hydroxyl groups excluding tert-OH is 1. The van der Waals surface area contributed by atoms with Gasteiger partial charge in [0.25, 0.3) is 0 Å². The number of benzene rings is 1. The summed E-state index contributed by atoms with van der Waals surface area (Å²) in [4.78, 5) is 31.1. The van der Waals surface area contributed by atoms with Crippen molar-refractivity contribution in [2.45, 2.75) is 284 Å². The summed E-state index contributed by atoms with van der Waals surface area (Å²) in [6, 6.07) is 11.4. The molecule has 0 amide bonds. The van der Waals surface area contributed by atoms with Crippen molar-refractivity contribution >= 4 is 11.9 Å². The van der Waals surface area contributed by atoms with E-state index in [1.54, 1.807) is 0 Å². The molecule has 0 atom stereocenters. The van der Waals surface area contributed by atoms with Crippen molar-refractivity contribution in [2.24, 2.45) is 11.8 Å². The van der Waals surface area contributed by atoms with E-state index in [-0.39, 0.29) is 18.5 Å². The molecule has 0 radical (unpaired) electrons. The van der Waals surface area contributed by atoms with Crippen LogP contribution >= 0.6 is 0 Å². The zero-order valence-corrected chi connectivity index (χ0v) is 46.2. The van der Waals surface area contributed by atoms with Crippen molar-refractivity contribution in [3.63, 3.8) is 0 Å². The lowest BCUT2D eigenvalue weighted by Gasteiger charge is -2.44. The maximum Gasteiger partial charge on any atom is 0.305 e. The van der Waals surface area contributed by atoms with Gasteiger partial charge in [-0.3, -0.25) is 14.5 Å². The topological polar surface area (TPSA) is 79.3 Å². The average Bonchev–Trinajstić information content (AvgIpc) is 3.34. The van der Waals surface area contributed by atoms with Crippen LogP contribution in [0.5, 0.6) is 0 Å². The van der Waals surface area contributed by atoms with E-state index in [0.29, 0.717) is 49.9 Å². The van der Waals surface area contributed by atoms with Gasteiger partial charge in [0.15, 0.2) is 0 Å². The smallest absolute Gasteiger partial charge is 0.305 e. The Hall–Kier alpha value is -1.96. The monoisotopic (exact) mass is 967 g/mol. The van der Waals surface area contributed by atoms with Crippen molar-refractivity contribution in [3.05, 3.63) is 35.9 Å². The van der Waals surface area contributed by atoms with Gasteiger partial charge in [-0.05, 0) is 101 Å². The Balaban J connectivity index is 1.84. The van der Waals surface area contributed by atoms with E-state index in [1.165, 1.54) is 185 Å². The number of carbonyl (C=O) groups is 2. The third kappa shape index (κ3) is 34.9. The predicted molar refractivity (Wildman–Crippen MR) is 295 cm³/mol. The van der Waals surface area contributed by atoms with Gasteiger partial charge in [0.1, 0.15) is 0 Å². The molecular formula is C62H114N2O5. The largest absolute Gasteiger partial charge is 0.465 e. The maximum absolute atomic E-state index is 13.0. The van der Waals surface area contributed by atoms with Crippen LogP contribution in [-0.4, -0.2) is 85.4 Å². The van der Waals surface area contributed by atoms with E-state index in [9.17, 15) is 14.7 Å². The molecule has 0 aromatic heterocycles. The molecule has 402 valence electrons. The van der Waals surface area contributed by atoms with Gasteiger partial charge in [-0.1, -0.05) is 225 Å². The number of aliphatic hydroxyl groups is 1. The molecule has 7 nitrogen and oxygen atoms in total. The second kappa shape index (κ2) is 45.9. The maximum atomic E-state index is 13.0. The zero-order chi connectivity index (χ0) is 49.7. The van der Waals surface area contributed by atoms with Crippen LogP contribution in [0.2, 0.25) is 0 Å². The Morgan fingerprint density at radius 3 is 1.25 bits per heavy atom. The summed E-state index contributed by atoms with van der Waals surface area (Å²) in [6.07, 6.45) is 45.6. The van der Waals surface area contributed by atoms with Crippen molar-refractivity contribution in [1.29, 1.82) is 0 Å². The lowest BCUT2D eigenvalue weighted by molar-refractivity contribution is -0.146. The van der Waals surface area contributed by atoms with E-state index in [2.05, 4.69) is 67.8 Å². The molecule has 0 unspecified atom stereocenters. The molecule has 1 aromatic rings. The molecule has 69 heavy (non-hydrogen) atoms. The minimum atomic E-state index is -0.0126. The van der Waals surface area contributed by atoms with Gasteiger partial charge in [0.05, 0.1) is 19.8 Å². The highest BCUT2D eigenvalue weighted by Crippen LogP contribution is 2.39. The van der Waals surface area contributed by atoms with Crippen LogP contribution in [-0.2, 0) is 19.1 Å². The van der Waals surface area contributed by atoms with Crippen LogP contribution in [0.4, 0.5) is 0 Å². The summed E-state index contributed by atoms with van der Waals surface area (Å²) >= 11 is 0. The van der Waals surface area contributed by atoms with Crippen LogP contribution < -0.4 is 0 Å². The van der Waals surface area contributed by atoms with Crippen LogP contribution in [0.25, 0.3) is 0 Å². The number of ether oxygens (including phenoxy) is 2. The predicted octanol–water partition coefficient (Wildman–Crippen LogP) is 17.0. The first-order valence-electron chi connectivity index (χ1n) is 30.4. The van der Waals surface area contributed by atoms with Crippen LogP contribution in [0.3, 0.4) is 0 Å². The number of nitrogens with zero attached hydrogens (tertiary/aromatic N) is 2. The lowest BCUT2D eigenvalue weighted by Crippen LogP contribution is -2.48. The zero-order valence-electron chi connectivity index (χ0n) is 46.2. The van der Waals surface area contributed by atoms with Crippen molar-refractivity contribution < 1.29 is 24.2 Å². The Morgan fingerprint density at radius 2 is 0.855 bits per heavy atom. The van der Waals surface area contributed by atoms with Crippen molar-refractivity contribution in [1.82, 2.24) is 9.80 Å². The molecule has 1 aliphatic rings. The summed E-state index contributed by atoms with van der Waals surface area (Å²) in [7, 11) is 0. The quantitative estimate of drug-likeness (QED) is 0.0515. The summed E-state index contributed by atoms with van der Waals surface area (Å²) in [6.45, 7) is 15.2. The van der Waals surface area contributed by atoms with E-state index in [0.717, 1.165) is 84.1 Å². The number of carbonyl (C=O) groups excluding carboxylic acids is 2. The van der Waals surface area contributed by atoms with E-state index < -0.39 is 0 Å². The Labute approximate surface area is 428 Å². The Morgan fingerprint density at radius 1 is 0.478 bits per heavy atom. The van der Waals surface area contributed by atoms with Crippen LogP contribution in [0.1, 0.15) is 283 Å². The summed E-state index contributed by atoms with van der Waals surface area (Å²) < 4.78 is 11.9. The summed E-state index contributed by atoms with van der Waals surface area (Å²) in [5.74, 6) is 1.60. The van der Waals surface area contributed by atoms with Crippen LogP contribution in [0.15, 0.2) is 30.3 Å². The van der Waals surface area contributed by atoms with Gasteiger partial charge < -0.3 is 19.5 Å². The fourth-order valence-corrected chi connectivity index (χ4v) is 10.7. The SMILES string of the molecule is CCCCCCCCC(CCCCCCCC)COC(=O)CCCCCN(CCCCCC(=O)OCC(CCCCCCCC)CCCCCCCC)CCN(CCO)C1CC(c2ccccc2)C1. The Bertz CT molecular complexity index is 1180.